The van der Waals surface area contributed by atoms with Crippen LogP contribution in [0.25, 0.3) is 5.57 Å². The molecule has 16 heavy (non-hydrogen) atoms. The van der Waals surface area contributed by atoms with Crippen molar-refractivity contribution in [3.05, 3.63) is 28.0 Å². The molecule has 1 aromatic heterocycles. The number of ether oxygens (including phenoxy) is 1. The molecule has 0 spiro atoms. The zero-order valence-electron chi connectivity index (χ0n) is 9.53. The SMILES string of the molecule is C#CC(OC)C1=C(c2ccsc2)CCCC1. The van der Waals surface area contributed by atoms with Crippen LogP contribution in [0.4, 0.5) is 0 Å². The number of allylic oxidation sites excluding steroid dienone is 1. The molecule has 0 N–H and O–H groups in total. The van der Waals surface area contributed by atoms with E-state index in [1.807, 2.05) is 0 Å². The lowest BCUT2D eigenvalue weighted by atomic mass is 9.86. The second kappa shape index (κ2) is 5.34. The van der Waals surface area contributed by atoms with E-state index in [4.69, 9.17) is 11.2 Å². The summed E-state index contributed by atoms with van der Waals surface area (Å²) in [6.45, 7) is 0. The molecule has 1 unspecified atom stereocenters. The van der Waals surface area contributed by atoms with E-state index in [0.29, 0.717) is 0 Å². The van der Waals surface area contributed by atoms with E-state index in [2.05, 4.69) is 22.7 Å². The van der Waals surface area contributed by atoms with Crippen LogP contribution in [0.15, 0.2) is 22.4 Å². The average Bonchev–Trinajstić information content (AvgIpc) is 2.85. The minimum absolute atomic E-state index is 0.143. The third kappa shape index (κ3) is 2.21. The lowest BCUT2D eigenvalue weighted by Gasteiger charge is -2.23. The summed E-state index contributed by atoms with van der Waals surface area (Å²) < 4.78 is 5.38. The summed E-state index contributed by atoms with van der Waals surface area (Å²) in [7, 11) is 1.69. The van der Waals surface area contributed by atoms with Crippen LogP contribution in [0, 0.1) is 12.3 Å². The maximum Gasteiger partial charge on any atom is 0.139 e. The van der Waals surface area contributed by atoms with Gasteiger partial charge in [-0.1, -0.05) is 5.92 Å². The molecule has 1 aliphatic carbocycles. The Kier molecular flexibility index (Phi) is 3.82. The van der Waals surface area contributed by atoms with Crippen molar-refractivity contribution in [1.82, 2.24) is 0 Å². The van der Waals surface area contributed by atoms with Gasteiger partial charge in [0.2, 0.25) is 0 Å². The van der Waals surface area contributed by atoms with Gasteiger partial charge in [0.05, 0.1) is 0 Å². The molecule has 0 radical (unpaired) electrons. The number of hydrogen-bond acceptors (Lipinski definition) is 2. The first-order valence-electron chi connectivity index (χ1n) is 5.60. The van der Waals surface area contributed by atoms with E-state index >= 15 is 0 Å². The van der Waals surface area contributed by atoms with Gasteiger partial charge in [0.15, 0.2) is 0 Å². The highest BCUT2D eigenvalue weighted by atomic mass is 32.1. The monoisotopic (exact) mass is 232 g/mol. The molecule has 2 rings (SSSR count). The lowest BCUT2D eigenvalue weighted by molar-refractivity contribution is 0.172. The van der Waals surface area contributed by atoms with Gasteiger partial charge >= 0.3 is 0 Å². The first kappa shape index (κ1) is 11.4. The predicted molar refractivity (Wildman–Crippen MR) is 69.3 cm³/mol. The van der Waals surface area contributed by atoms with Crippen molar-refractivity contribution in [2.24, 2.45) is 0 Å². The molecule has 1 heterocycles. The van der Waals surface area contributed by atoms with Gasteiger partial charge in [0.1, 0.15) is 6.10 Å². The molecule has 84 valence electrons. The summed E-state index contributed by atoms with van der Waals surface area (Å²) in [6.07, 6.45) is 10.1. The Morgan fingerprint density at radius 2 is 2.25 bits per heavy atom. The zero-order valence-corrected chi connectivity index (χ0v) is 10.3. The molecule has 0 aromatic carbocycles. The quantitative estimate of drug-likeness (QED) is 0.722. The Bertz CT molecular complexity index is 408. The van der Waals surface area contributed by atoms with Crippen LogP contribution in [0.3, 0.4) is 0 Å². The van der Waals surface area contributed by atoms with Gasteiger partial charge in [-0.2, -0.15) is 11.3 Å². The summed E-state index contributed by atoms with van der Waals surface area (Å²) in [4.78, 5) is 0. The average molecular weight is 232 g/mol. The molecule has 0 fully saturated rings. The molecular weight excluding hydrogens is 216 g/mol. The van der Waals surface area contributed by atoms with Crippen molar-refractivity contribution in [1.29, 1.82) is 0 Å². The largest absolute Gasteiger partial charge is 0.364 e. The highest BCUT2D eigenvalue weighted by Crippen LogP contribution is 2.35. The van der Waals surface area contributed by atoms with Crippen molar-refractivity contribution in [3.63, 3.8) is 0 Å². The van der Waals surface area contributed by atoms with E-state index in [-0.39, 0.29) is 6.10 Å². The van der Waals surface area contributed by atoms with Crippen LogP contribution in [-0.2, 0) is 4.74 Å². The lowest BCUT2D eigenvalue weighted by Crippen LogP contribution is -2.15. The van der Waals surface area contributed by atoms with Gasteiger partial charge in [-0.25, -0.2) is 0 Å². The second-order valence-electron chi connectivity index (χ2n) is 4.01. The number of methoxy groups -OCH3 is 1. The molecule has 1 aliphatic rings. The van der Waals surface area contributed by atoms with Crippen LogP contribution in [0.5, 0.6) is 0 Å². The van der Waals surface area contributed by atoms with Crippen molar-refractivity contribution in [3.8, 4) is 12.3 Å². The first-order chi connectivity index (χ1) is 7.86. The van der Waals surface area contributed by atoms with Gasteiger partial charge in [-0.05, 0) is 59.2 Å². The number of terminal acetylenes is 1. The summed E-state index contributed by atoms with van der Waals surface area (Å²) >= 11 is 1.74. The fourth-order valence-corrected chi connectivity index (χ4v) is 2.97. The normalized spacial score (nSPS) is 18.2. The van der Waals surface area contributed by atoms with Crippen LogP contribution < -0.4 is 0 Å². The van der Waals surface area contributed by atoms with E-state index in [1.165, 1.54) is 29.6 Å². The van der Waals surface area contributed by atoms with Crippen LogP contribution in [-0.4, -0.2) is 13.2 Å². The van der Waals surface area contributed by atoms with Gasteiger partial charge < -0.3 is 4.74 Å². The van der Waals surface area contributed by atoms with Crippen molar-refractivity contribution < 1.29 is 4.74 Å². The second-order valence-corrected chi connectivity index (χ2v) is 4.79. The molecule has 2 heteroatoms. The molecule has 0 amide bonds. The van der Waals surface area contributed by atoms with E-state index in [1.54, 1.807) is 18.4 Å². The van der Waals surface area contributed by atoms with Crippen molar-refractivity contribution in [2.75, 3.05) is 7.11 Å². The standard InChI is InChI=1S/C14H16OS/c1-3-14(15-2)13-7-5-4-6-12(13)11-8-9-16-10-11/h1,8-10,14H,4-7H2,2H3. The summed E-state index contributed by atoms with van der Waals surface area (Å²) in [5.41, 5.74) is 4.06. The molecular formula is C14H16OS. The minimum Gasteiger partial charge on any atom is -0.364 e. The van der Waals surface area contributed by atoms with E-state index < -0.39 is 0 Å². The van der Waals surface area contributed by atoms with Gasteiger partial charge in [0.25, 0.3) is 0 Å². The van der Waals surface area contributed by atoms with Crippen LogP contribution >= 0.6 is 11.3 Å². The maximum atomic E-state index is 5.52. The van der Waals surface area contributed by atoms with Gasteiger partial charge in [-0.3, -0.25) is 0 Å². The van der Waals surface area contributed by atoms with E-state index in [0.717, 1.165) is 12.8 Å². The molecule has 1 atom stereocenters. The third-order valence-electron chi connectivity index (χ3n) is 3.08. The Balaban J connectivity index is 2.39. The maximum absolute atomic E-state index is 5.52. The Labute approximate surface area is 101 Å². The summed E-state index contributed by atoms with van der Waals surface area (Å²) in [6, 6.07) is 2.18. The molecule has 1 aromatic rings. The Hall–Kier alpha value is -1.04. The Morgan fingerprint density at radius 1 is 1.44 bits per heavy atom. The zero-order chi connectivity index (χ0) is 11.4. The van der Waals surface area contributed by atoms with Crippen molar-refractivity contribution >= 4 is 16.9 Å². The molecule has 0 saturated heterocycles. The Morgan fingerprint density at radius 3 is 2.88 bits per heavy atom. The highest BCUT2D eigenvalue weighted by molar-refractivity contribution is 7.08. The fraction of sp³-hybridized carbons (Fsp3) is 0.429. The number of hydrogen-bond donors (Lipinski definition) is 0. The van der Waals surface area contributed by atoms with Gasteiger partial charge in [-0.15, -0.1) is 6.42 Å². The van der Waals surface area contributed by atoms with Crippen molar-refractivity contribution in [2.45, 2.75) is 31.8 Å². The summed E-state index contributed by atoms with van der Waals surface area (Å²) in [5.74, 6) is 2.74. The predicted octanol–water partition coefficient (Wildman–Crippen LogP) is 3.72. The minimum atomic E-state index is -0.143. The van der Waals surface area contributed by atoms with Gasteiger partial charge in [0, 0.05) is 7.11 Å². The summed E-state index contributed by atoms with van der Waals surface area (Å²) in [5, 5.41) is 4.32. The molecule has 0 saturated carbocycles. The molecule has 0 aliphatic heterocycles. The topological polar surface area (TPSA) is 9.23 Å². The fourth-order valence-electron chi connectivity index (χ4n) is 2.29. The molecule has 1 nitrogen and oxygen atoms in total. The first-order valence-corrected chi connectivity index (χ1v) is 6.54. The van der Waals surface area contributed by atoms with Crippen LogP contribution in [0.1, 0.15) is 31.2 Å². The van der Waals surface area contributed by atoms with Crippen LogP contribution in [0.2, 0.25) is 0 Å². The number of rotatable bonds is 3. The third-order valence-corrected chi connectivity index (χ3v) is 3.77. The molecule has 0 bridgehead atoms. The smallest absolute Gasteiger partial charge is 0.139 e. The highest BCUT2D eigenvalue weighted by Gasteiger charge is 2.20. The van der Waals surface area contributed by atoms with E-state index in [9.17, 15) is 0 Å². The number of thiophene rings is 1.